The van der Waals surface area contributed by atoms with Gasteiger partial charge in [0, 0.05) is 36.6 Å². The van der Waals surface area contributed by atoms with Crippen LogP contribution in [-0.4, -0.2) is 69.1 Å². The van der Waals surface area contributed by atoms with Crippen LogP contribution in [0.4, 0.5) is 23.4 Å². The first-order valence-corrected chi connectivity index (χ1v) is 14.7. The fourth-order valence-corrected chi connectivity index (χ4v) is 6.57. The summed E-state index contributed by atoms with van der Waals surface area (Å²) in [6.07, 6.45) is -0.558. The quantitative estimate of drug-likeness (QED) is 0.262. The molecule has 0 amide bonds. The smallest absolute Gasteiger partial charge is 0.416 e. The highest BCUT2D eigenvalue weighted by Gasteiger charge is 2.33. The van der Waals surface area contributed by atoms with Gasteiger partial charge >= 0.3 is 12.1 Å². The number of likely N-dealkylation sites (tertiary alicyclic amines) is 1. The molecule has 0 bridgehead atoms. The van der Waals surface area contributed by atoms with Crippen LogP contribution in [-0.2, 0) is 23.9 Å². The number of Topliss-reactive ketones (excluding diaryl/α,β-unsaturated/α-hetero) is 1. The number of nitrogens with zero attached hydrogens (tertiary/aromatic N) is 5. The van der Waals surface area contributed by atoms with E-state index < -0.39 is 23.9 Å². The van der Waals surface area contributed by atoms with Crippen molar-refractivity contribution in [2.75, 3.05) is 31.1 Å². The third-order valence-corrected chi connectivity index (χ3v) is 8.82. The van der Waals surface area contributed by atoms with Gasteiger partial charge in [0.15, 0.2) is 5.78 Å². The molecule has 0 radical (unpaired) electrons. The number of halogens is 4. The predicted molar refractivity (Wildman–Crippen MR) is 149 cm³/mol. The number of thiazole rings is 1. The Morgan fingerprint density at radius 1 is 1.10 bits per heavy atom. The Hall–Kier alpha value is -3.45. The molecule has 5 rings (SSSR count). The molecule has 2 aliphatic heterocycles. The number of hydrogen-bond acceptors (Lipinski definition) is 8. The minimum atomic E-state index is -4.53. The number of rotatable bonds is 8. The molecule has 13 heteroatoms. The van der Waals surface area contributed by atoms with Crippen LogP contribution >= 0.6 is 11.3 Å². The van der Waals surface area contributed by atoms with Gasteiger partial charge in [0.2, 0.25) is 0 Å². The maximum atomic E-state index is 14.1. The van der Waals surface area contributed by atoms with E-state index in [1.54, 1.807) is 6.07 Å². The highest BCUT2D eigenvalue weighted by Crippen LogP contribution is 2.37. The molecule has 2 aliphatic rings. The highest BCUT2D eigenvalue weighted by atomic mass is 32.1. The van der Waals surface area contributed by atoms with Crippen molar-refractivity contribution in [1.82, 2.24) is 19.9 Å². The van der Waals surface area contributed by atoms with Crippen LogP contribution in [0.1, 0.15) is 57.2 Å². The van der Waals surface area contributed by atoms with Crippen molar-refractivity contribution in [2.24, 2.45) is 5.92 Å². The van der Waals surface area contributed by atoms with Crippen molar-refractivity contribution >= 4 is 28.9 Å². The second kappa shape index (κ2) is 12.4. The third kappa shape index (κ3) is 6.95. The van der Waals surface area contributed by atoms with Crippen molar-refractivity contribution < 1.29 is 32.3 Å². The molecule has 1 atom stereocenters. The van der Waals surface area contributed by atoms with Gasteiger partial charge in [-0.05, 0) is 50.8 Å². The Bertz CT molecular complexity index is 1440. The summed E-state index contributed by atoms with van der Waals surface area (Å²) in [5.74, 6) is -0.966. The monoisotopic (exact) mass is 605 g/mol. The van der Waals surface area contributed by atoms with Gasteiger partial charge in [0.05, 0.1) is 36.0 Å². The second-order valence-corrected chi connectivity index (χ2v) is 12.0. The number of aromatic nitrogens is 3. The van der Waals surface area contributed by atoms with Gasteiger partial charge in [0.25, 0.3) is 0 Å². The molecule has 0 spiro atoms. The van der Waals surface area contributed by atoms with E-state index in [4.69, 9.17) is 0 Å². The number of carboxylic acids is 1. The maximum Gasteiger partial charge on any atom is 0.416 e. The van der Waals surface area contributed by atoms with Gasteiger partial charge in [0.1, 0.15) is 22.7 Å². The lowest BCUT2D eigenvalue weighted by Gasteiger charge is -2.30. The zero-order valence-electron chi connectivity index (χ0n) is 23.0. The zero-order valence-corrected chi connectivity index (χ0v) is 23.8. The Morgan fingerprint density at radius 2 is 1.86 bits per heavy atom. The first kappa shape index (κ1) is 30.0. The molecule has 0 aliphatic carbocycles. The van der Waals surface area contributed by atoms with Gasteiger partial charge in [-0.3, -0.25) is 14.5 Å². The van der Waals surface area contributed by atoms with Gasteiger partial charge < -0.3 is 10.0 Å². The minimum Gasteiger partial charge on any atom is -0.481 e. The molecule has 4 heterocycles. The van der Waals surface area contributed by atoms with Crippen LogP contribution in [0.5, 0.6) is 0 Å². The molecule has 1 unspecified atom stereocenters. The molecular formula is C29H31F4N5O3S. The number of anilines is 1. The number of aryl methyl sites for hydroxylation is 1. The fourth-order valence-electron chi connectivity index (χ4n) is 5.44. The maximum absolute atomic E-state index is 14.1. The largest absolute Gasteiger partial charge is 0.481 e. The fraction of sp³-hybridized carbons (Fsp3) is 0.483. The van der Waals surface area contributed by atoms with Crippen LogP contribution in [0.15, 0.2) is 30.6 Å². The van der Waals surface area contributed by atoms with Crippen LogP contribution < -0.4 is 4.90 Å². The van der Waals surface area contributed by atoms with Gasteiger partial charge in [-0.1, -0.05) is 12.1 Å². The number of ketones is 1. The van der Waals surface area contributed by atoms with E-state index >= 15 is 0 Å². The summed E-state index contributed by atoms with van der Waals surface area (Å²) in [6, 6.07) is 4.08. The number of benzene rings is 1. The van der Waals surface area contributed by atoms with Gasteiger partial charge in [-0.2, -0.15) is 13.2 Å². The summed E-state index contributed by atoms with van der Waals surface area (Å²) in [4.78, 5) is 42.1. The Kier molecular flexibility index (Phi) is 8.88. The van der Waals surface area contributed by atoms with Gasteiger partial charge in [-0.15, -0.1) is 11.3 Å². The van der Waals surface area contributed by atoms with Crippen LogP contribution in [0.2, 0.25) is 0 Å². The summed E-state index contributed by atoms with van der Waals surface area (Å²) in [5.41, 5.74) is 0.135. The second-order valence-electron chi connectivity index (χ2n) is 10.8. The lowest BCUT2D eigenvalue weighted by Crippen LogP contribution is -2.36. The highest BCUT2D eigenvalue weighted by molar-refractivity contribution is 7.12. The summed E-state index contributed by atoms with van der Waals surface area (Å²) in [5, 5.41) is 9.62. The predicted octanol–water partition coefficient (Wildman–Crippen LogP) is 5.59. The van der Waals surface area contributed by atoms with E-state index in [1.165, 1.54) is 36.7 Å². The van der Waals surface area contributed by atoms with Gasteiger partial charge in [-0.25, -0.2) is 19.3 Å². The molecule has 2 fully saturated rings. The summed E-state index contributed by atoms with van der Waals surface area (Å²) >= 11 is 1.24. The Balaban J connectivity index is 1.35. The van der Waals surface area contributed by atoms with E-state index in [2.05, 4.69) is 15.0 Å². The topological polar surface area (TPSA) is 99.5 Å². The number of aliphatic carboxylic acids is 1. The first-order chi connectivity index (χ1) is 20.0. The molecule has 2 aromatic heterocycles. The Labute approximate surface area is 244 Å². The van der Waals surface area contributed by atoms with E-state index in [-0.39, 0.29) is 35.9 Å². The van der Waals surface area contributed by atoms with Crippen LogP contribution in [0.25, 0.3) is 11.3 Å². The number of alkyl halides is 4. The average Bonchev–Trinajstić information content (AvgIpc) is 3.34. The molecule has 224 valence electrons. The van der Waals surface area contributed by atoms with E-state index in [9.17, 15) is 32.3 Å². The van der Waals surface area contributed by atoms with E-state index in [0.29, 0.717) is 78.8 Å². The molecule has 2 saturated heterocycles. The van der Waals surface area contributed by atoms with Crippen molar-refractivity contribution in [3.05, 3.63) is 57.3 Å². The van der Waals surface area contributed by atoms with Crippen molar-refractivity contribution in [3.8, 4) is 11.3 Å². The molecule has 8 nitrogen and oxygen atoms in total. The Morgan fingerprint density at radius 3 is 2.50 bits per heavy atom. The zero-order chi connectivity index (χ0) is 30.0. The van der Waals surface area contributed by atoms with E-state index in [0.717, 1.165) is 6.07 Å². The normalized spacial score (nSPS) is 18.8. The number of carboxylic acid groups (broad SMARTS) is 1. The number of carbonyl (C=O) groups is 2. The molecule has 42 heavy (non-hydrogen) atoms. The summed E-state index contributed by atoms with van der Waals surface area (Å²) in [6.45, 7) is 3.69. The molecule has 0 saturated carbocycles. The molecular weight excluding hydrogens is 574 g/mol. The number of piperidine rings is 2. The van der Waals surface area contributed by atoms with E-state index in [1.807, 2.05) is 9.80 Å². The number of hydrogen-bond donors (Lipinski definition) is 1. The summed E-state index contributed by atoms with van der Waals surface area (Å²) < 4.78 is 55.1. The standard InChI is InChI=1S/C29H31F4N5O3S/c1-17-4-5-19(11-21(17)29(31,32)33)27-24(16-37-8-2-3-20(30)15-37)42-26(36-27)12-23(39)22-13-35-25(14-34-22)38-9-6-18(7-10-38)28(40)41/h4-5,11,13-14,18,20H,2-3,6-10,12,15-16H2,1H3,(H,40,41). The van der Waals surface area contributed by atoms with Crippen molar-refractivity contribution in [1.29, 1.82) is 0 Å². The van der Waals surface area contributed by atoms with Crippen molar-refractivity contribution in [2.45, 2.75) is 57.9 Å². The summed E-state index contributed by atoms with van der Waals surface area (Å²) in [7, 11) is 0. The molecule has 1 aromatic carbocycles. The minimum absolute atomic E-state index is 0.100. The van der Waals surface area contributed by atoms with Crippen molar-refractivity contribution in [3.63, 3.8) is 0 Å². The molecule has 3 aromatic rings. The number of carbonyl (C=O) groups excluding carboxylic acids is 1. The third-order valence-electron chi connectivity index (χ3n) is 7.78. The van der Waals surface area contributed by atoms with Crippen LogP contribution in [0.3, 0.4) is 0 Å². The van der Waals surface area contributed by atoms with Crippen LogP contribution in [0, 0.1) is 12.8 Å². The lowest BCUT2D eigenvalue weighted by atomic mass is 9.97. The lowest BCUT2D eigenvalue weighted by molar-refractivity contribution is -0.142. The average molecular weight is 606 g/mol. The SMILES string of the molecule is Cc1ccc(-c2nc(CC(=O)c3cnc(N4CCC(C(=O)O)CC4)cn3)sc2CN2CCCC(F)C2)cc1C(F)(F)F. The first-order valence-electron chi connectivity index (χ1n) is 13.8. The molecule has 1 N–H and O–H groups in total.